The second-order valence-electron chi connectivity index (χ2n) is 9.25. The summed E-state index contributed by atoms with van der Waals surface area (Å²) >= 11 is 6.70. The molecule has 2 aromatic heterocycles. The summed E-state index contributed by atoms with van der Waals surface area (Å²) in [5, 5.41) is 9.59. The standard InChI is InChI=1S/C25H32ClN5O2/c1-4-17-12-20-15(2)22(25-27-16(3)30-33-25)24(29-23(20)21(26)13-17)31-9-7-18(8-10-31)28-19-6-5-11-32-14-19/h12-13,18-19,28H,4-11,14H2,1-3H3/t19-/m0/s1. The van der Waals surface area contributed by atoms with Crippen LogP contribution in [0, 0.1) is 13.8 Å². The van der Waals surface area contributed by atoms with Crippen molar-refractivity contribution in [1.29, 1.82) is 0 Å². The third kappa shape index (κ3) is 4.59. The number of hydrogen-bond donors (Lipinski definition) is 1. The number of nitrogens with one attached hydrogen (secondary N) is 1. The van der Waals surface area contributed by atoms with Crippen LogP contribution in [0.15, 0.2) is 16.7 Å². The van der Waals surface area contributed by atoms with Crippen molar-refractivity contribution in [3.05, 3.63) is 34.1 Å². The third-order valence-corrected chi connectivity index (χ3v) is 7.21. The van der Waals surface area contributed by atoms with Crippen LogP contribution in [0.1, 0.15) is 49.6 Å². The summed E-state index contributed by atoms with van der Waals surface area (Å²) in [4.78, 5) is 12.0. The lowest BCUT2D eigenvalue weighted by Crippen LogP contribution is -2.48. The summed E-state index contributed by atoms with van der Waals surface area (Å²) in [6.45, 7) is 9.62. The van der Waals surface area contributed by atoms with Gasteiger partial charge in [0.2, 0.25) is 0 Å². The number of hydrogen-bond acceptors (Lipinski definition) is 7. The van der Waals surface area contributed by atoms with E-state index in [0.29, 0.717) is 28.8 Å². The van der Waals surface area contributed by atoms with Gasteiger partial charge in [0.25, 0.3) is 5.89 Å². The van der Waals surface area contributed by atoms with Gasteiger partial charge in [0, 0.05) is 37.2 Å². The van der Waals surface area contributed by atoms with E-state index in [-0.39, 0.29) is 0 Å². The van der Waals surface area contributed by atoms with Gasteiger partial charge >= 0.3 is 0 Å². The molecule has 7 nitrogen and oxygen atoms in total. The summed E-state index contributed by atoms with van der Waals surface area (Å²) in [5.74, 6) is 2.02. The zero-order chi connectivity index (χ0) is 22.9. The van der Waals surface area contributed by atoms with Crippen LogP contribution in [0.25, 0.3) is 22.4 Å². The highest BCUT2D eigenvalue weighted by molar-refractivity contribution is 6.35. The van der Waals surface area contributed by atoms with Crippen molar-refractivity contribution in [2.24, 2.45) is 0 Å². The molecule has 2 saturated heterocycles. The number of anilines is 1. The topological polar surface area (TPSA) is 76.3 Å². The number of rotatable bonds is 5. The molecule has 0 bridgehead atoms. The fourth-order valence-electron chi connectivity index (χ4n) is 5.07. The molecule has 0 spiro atoms. The minimum absolute atomic E-state index is 0.472. The third-order valence-electron chi connectivity index (χ3n) is 6.92. The van der Waals surface area contributed by atoms with Gasteiger partial charge in [-0.1, -0.05) is 23.7 Å². The maximum atomic E-state index is 6.70. The number of benzene rings is 1. The molecule has 0 unspecified atom stereocenters. The second-order valence-corrected chi connectivity index (χ2v) is 9.66. The van der Waals surface area contributed by atoms with Crippen molar-refractivity contribution in [3.8, 4) is 11.5 Å². The largest absolute Gasteiger partial charge is 0.380 e. The monoisotopic (exact) mass is 469 g/mol. The average molecular weight is 470 g/mol. The lowest BCUT2D eigenvalue weighted by Gasteiger charge is -2.36. The van der Waals surface area contributed by atoms with Crippen molar-refractivity contribution < 1.29 is 9.26 Å². The summed E-state index contributed by atoms with van der Waals surface area (Å²) in [6.07, 6.45) is 5.37. The molecule has 1 aromatic carbocycles. The number of aromatic nitrogens is 3. The van der Waals surface area contributed by atoms with Crippen LogP contribution in [0.2, 0.25) is 5.02 Å². The van der Waals surface area contributed by atoms with E-state index in [4.69, 9.17) is 25.8 Å². The minimum atomic E-state index is 0.472. The molecule has 5 rings (SSSR count). The number of aryl methyl sites for hydroxylation is 3. The predicted molar refractivity (Wildman–Crippen MR) is 131 cm³/mol. The van der Waals surface area contributed by atoms with Crippen molar-refractivity contribution in [1.82, 2.24) is 20.4 Å². The van der Waals surface area contributed by atoms with Gasteiger partial charge in [0.05, 0.1) is 22.7 Å². The van der Waals surface area contributed by atoms with Crippen LogP contribution < -0.4 is 10.2 Å². The molecule has 33 heavy (non-hydrogen) atoms. The second kappa shape index (κ2) is 9.57. The van der Waals surface area contributed by atoms with Crippen molar-refractivity contribution in [2.45, 2.75) is 65.0 Å². The van der Waals surface area contributed by atoms with Gasteiger partial charge < -0.3 is 19.5 Å². The Hall–Kier alpha value is -2.22. The van der Waals surface area contributed by atoms with Gasteiger partial charge in [0.15, 0.2) is 5.82 Å². The van der Waals surface area contributed by atoms with E-state index in [1.807, 2.05) is 13.0 Å². The lowest BCUT2D eigenvalue weighted by molar-refractivity contribution is 0.0650. The van der Waals surface area contributed by atoms with E-state index >= 15 is 0 Å². The fourth-order valence-corrected chi connectivity index (χ4v) is 5.35. The van der Waals surface area contributed by atoms with E-state index in [9.17, 15) is 0 Å². The molecule has 2 aliphatic rings. The summed E-state index contributed by atoms with van der Waals surface area (Å²) in [5.41, 5.74) is 4.02. The van der Waals surface area contributed by atoms with E-state index in [1.54, 1.807) is 0 Å². The smallest absolute Gasteiger partial charge is 0.261 e. The van der Waals surface area contributed by atoms with Gasteiger partial charge in [-0.2, -0.15) is 4.98 Å². The Labute approximate surface area is 199 Å². The van der Waals surface area contributed by atoms with E-state index in [2.05, 4.69) is 40.3 Å². The van der Waals surface area contributed by atoms with Crippen molar-refractivity contribution in [2.75, 3.05) is 31.2 Å². The maximum absolute atomic E-state index is 6.70. The number of pyridine rings is 1. The fraction of sp³-hybridized carbons (Fsp3) is 0.560. The molecular weight excluding hydrogens is 438 g/mol. The first-order chi connectivity index (χ1) is 16.0. The van der Waals surface area contributed by atoms with Crippen LogP contribution >= 0.6 is 11.6 Å². The highest BCUT2D eigenvalue weighted by Crippen LogP contribution is 2.39. The predicted octanol–water partition coefficient (Wildman–Crippen LogP) is 4.85. The maximum Gasteiger partial charge on any atom is 0.261 e. The molecule has 3 aromatic rings. The summed E-state index contributed by atoms with van der Waals surface area (Å²) in [7, 11) is 0. The lowest BCUT2D eigenvalue weighted by atomic mass is 9.98. The Bertz CT molecular complexity index is 1130. The Balaban J connectivity index is 1.48. The van der Waals surface area contributed by atoms with Crippen LogP contribution in [0.3, 0.4) is 0 Å². The molecule has 176 valence electrons. The minimum Gasteiger partial charge on any atom is -0.380 e. The molecule has 1 N–H and O–H groups in total. The Kier molecular flexibility index (Phi) is 6.54. The molecule has 8 heteroatoms. The molecule has 2 fully saturated rings. The van der Waals surface area contributed by atoms with Gasteiger partial charge in [-0.05, 0) is 69.2 Å². The van der Waals surface area contributed by atoms with Gasteiger partial charge in [-0.3, -0.25) is 0 Å². The highest BCUT2D eigenvalue weighted by Gasteiger charge is 2.28. The van der Waals surface area contributed by atoms with Gasteiger partial charge in [-0.15, -0.1) is 0 Å². The molecular formula is C25H32ClN5O2. The highest BCUT2D eigenvalue weighted by atomic mass is 35.5. The number of halogens is 1. The van der Waals surface area contributed by atoms with Crippen molar-refractivity contribution >= 4 is 28.3 Å². The first kappa shape index (κ1) is 22.6. The van der Waals surface area contributed by atoms with E-state index in [1.165, 1.54) is 12.0 Å². The number of ether oxygens (including phenoxy) is 1. The first-order valence-electron chi connectivity index (χ1n) is 12.1. The van der Waals surface area contributed by atoms with Crippen LogP contribution in [-0.2, 0) is 11.2 Å². The van der Waals surface area contributed by atoms with Gasteiger partial charge in [0.1, 0.15) is 5.82 Å². The van der Waals surface area contributed by atoms with Crippen LogP contribution in [0.5, 0.6) is 0 Å². The Morgan fingerprint density at radius 2 is 1.94 bits per heavy atom. The zero-order valence-electron chi connectivity index (χ0n) is 19.7. The Morgan fingerprint density at radius 3 is 2.61 bits per heavy atom. The van der Waals surface area contributed by atoms with E-state index < -0.39 is 0 Å². The number of fused-ring (bicyclic) bond motifs is 1. The molecule has 0 amide bonds. The first-order valence-corrected chi connectivity index (χ1v) is 12.4. The number of piperidine rings is 1. The van der Waals surface area contributed by atoms with Crippen LogP contribution in [-0.4, -0.2) is 53.5 Å². The average Bonchev–Trinajstić information content (AvgIpc) is 3.26. The summed E-state index contributed by atoms with van der Waals surface area (Å²) in [6, 6.07) is 5.18. The molecule has 0 radical (unpaired) electrons. The molecule has 0 aliphatic carbocycles. The SMILES string of the molecule is CCc1cc(Cl)c2nc(N3CCC(N[C@H]4CCCOC4)CC3)c(-c3nc(C)no3)c(C)c2c1. The summed E-state index contributed by atoms with van der Waals surface area (Å²) < 4.78 is 11.3. The van der Waals surface area contributed by atoms with Gasteiger partial charge in [-0.25, -0.2) is 4.98 Å². The van der Waals surface area contributed by atoms with Crippen LogP contribution in [0.4, 0.5) is 5.82 Å². The quantitative estimate of drug-likeness (QED) is 0.572. The molecule has 4 heterocycles. The zero-order valence-corrected chi connectivity index (χ0v) is 20.4. The normalized spacial score (nSPS) is 20.0. The number of nitrogens with zero attached hydrogens (tertiary/aromatic N) is 4. The molecule has 0 saturated carbocycles. The Morgan fingerprint density at radius 1 is 1.12 bits per heavy atom. The molecule has 2 aliphatic heterocycles. The van der Waals surface area contributed by atoms with Crippen molar-refractivity contribution in [3.63, 3.8) is 0 Å². The van der Waals surface area contributed by atoms with E-state index in [0.717, 1.165) is 79.8 Å². The molecule has 1 atom stereocenters.